The Kier molecular flexibility index (Phi) is 5.59. The maximum absolute atomic E-state index is 11.7. The lowest BCUT2D eigenvalue weighted by atomic mass is 9.89. The number of nitrogens with one attached hydrogen (secondary N) is 2. The van der Waals surface area contributed by atoms with Crippen LogP contribution in [0.3, 0.4) is 0 Å². The smallest absolute Gasteiger partial charge is 0.309 e. The average molecular weight is 256 g/mol. The van der Waals surface area contributed by atoms with Crippen molar-refractivity contribution < 1.29 is 14.7 Å². The Morgan fingerprint density at radius 2 is 2.17 bits per heavy atom. The highest BCUT2D eigenvalue weighted by molar-refractivity contribution is 5.76. The van der Waals surface area contributed by atoms with Crippen LogP contribution in [0.1, 0.15) is 39.5 Å². The third-order valence-electron chi connectivity index (χ3n) is 3.52. The fourth-order valence-corrected chi connectivity index (χ4v) is 2.05. The van der Waals surface area contributed by atoms with Gasteiger partial charge in [-0.15, -0.1) is 0 Å². The van der Waals surface area contributed by atoms with Crippen LogP contribution in [-0.4, -0.2) is 36.6 Å². The SMILES string of the molecule is CC(C)(CCNC(=O)CC1CCCNC1)C(=O)O. The monoisotopic (exact) mass is 256 g/mol. The Morgan fingerprint density at radius 3 is 2.72 bits per heavy atom. The highest BCUT2D eigenvalue weighted by atomic mass is 16.4. The molecule has 0 aromatic heterocycles. The normalized spacial score (nSPS) is 20.4. The van der Waals surface area contributed by atoms with Crippen molar-refractivity contribution in [2.75, 3.05) is 19.6 Å². The van der Waals surface area contributed by atoms with Crippen LogP contribution in [0, 0.1) is 11.3 Å². The molecular weight excluding hydrogens is 232 g/mol. The van der Waals surface area contributed by atoms with Crippen LogP contribution in [0.4, 0.5) is 0 Å². The van der Waals surface area contributed by atoms with Crippen molar-refractivity contribution in [2.24, 2.45) is 11.3 Å². The first-order valence-electron chi connectivity index (χ1n) is 6.62. The Morgan fingerprint density at radius 1 is 1.44 bits per heavy atom. The molecule has 1 saturated heterocycles. The third kappa shape index (κ3) is 5.04. The van der Waals surface area contributed by atoms with E-state index < -0.39 is 11.4 Å². The van der Waals surface area contributed by atoms with Gasteiger partial charge in [-0.25, -0.2) is 0 Å². The maximum Gasteiger partial charge on any atom is 0.309 e. The van der Waals surface area contributed by atoms with E-state index in [9.17, 15) is 9.59 Å². The lowest BCUT2D eigenvalue weighted by molar-refractivity contribution is -0.147. The third-order valence-corrected chi connectivity index (χ3v) is 3.52. The van der Waals surface area contributed by atoms with E-state index in [0.29, 0.717) is 25.3 Å². The standard InChI is InChI=1S/C13H24N2O3/c1-13(2,12(17)18)5-7-15-11(16)8-10-4-3-6-14-9-10/h10,14H,3-9H2,1-2H3,(H,15,16)(H,17,18). The van der Waals surface area contributed by atoms with Crippen LogP contribution in [0.25, 0.3) is 0 Å². The zero-order chi connectivity index (χ0) is 13.6. The molecule has 0 radical (unpaired) electrons. The van der Waals surface area contributed by atoms with Crippen molar-refractivity contribution in [1.29, 1.82) is 0 Å². The van der Waals surface area contributed by atoms with Gasteiger partial charge in [0.25, 0.3) is 0 Å². The molecule has 1 aliphatic rings. The molecule has 1 amide bonds. The Balaban J connectivity index is 2.18. The first kappa shape index (κ1) is 15.0. The van der Waals surface area contributed by atoms with Crippen molar-refractivity contribution in [1.82, 2.24) is 10.6 Å². The molecule has 5 heteroatoms. The van der Waals surface area contributed by atoms with Crippen LogP contribution in [0.2, 0.25) is 0 Å². The number of carboxylic acids is 1. The molecule has 5 nitrogen and oxygen atoms in total. The van der Waals surface area contributed by atoms with Gasteiger partial charge >= 0.3 is 5.97 Å². The summed E-state index contributed by atoms with van der Waals surface area (Å²) in [6.07, 6.45) is 3.22. The summed E-state index contributed by atoms with van der Waals surface area (Å²) >= 11 is 0. The second kappa shape index (κ2) is 6.73. The molecule has 1 rings (SSSR count). The molecule has 0 bridgehead atoms. The van der Waals surface area contributed by atoms with Crippen molar-refractivity contribution in [3.8, 4) is 0 Å². The van der Waals surface area contributed by atoms with E-state index in [1.807, 2.05) is 0 Å². The molecule has 0 saturated carbocycles. The maximum atomic E-state index is 11.7. The van der Waals surface area contributed by atoms with Crippen molar-refractivity contribution in [2.45, 2.75) is 39.5 Å². The van der Waals surface area contributed by atoms with E-state index in [2.05, 4.69) is 10.6 Å². The number of carbonyl (C=O) groups is 2. The molecular formula is C13H24N2O3. The van der Waals surface area contributed by atoms with E-state index in [0.717, 1.165) is 25.9 Å². The van der Waals surface area contributed by atoms with Gasteiger partial charge in [-0.1, -0.05) is 0 Å². The van der Waals surface area contributed by atoms with Crippen LogP contribution < -0.4 is 10.6 Å². The van der Waals surface area contributed by atoms with Gasteiger partial charge in [0.2, 0.25) is 5.91 Å². The van der Waals surface area contributed by atoms with Crippen LogP contribution in [0.5, 0.6) is 0 Å². The van der Waals surface area contributed by atoms with Crippen molar-refractivity contribution >= 4 is 11.9 Å². The van der Waals surface area contributed by atoms with Crippen LogP contribution >= 0.6 is 0 Å². The summed E-state index contributed by atoms with van der Waals surface area (Å²) in [6, 6.07) is 0. The van der Waals surface area contributed by atoms with Gasteiger partial charge in [0.1, 0.15) is 0 Å². The number of hydrogen-bond donors (Lipinski definition) is 3. The molecule has 0 aromatic rings. The minimum atomic E-state index is -0.826. The van der Waals surface area contributed by atoms with Crippen LogP contribution in [-0.2, 0) is 9.59 Å². The van der Waals surface area contributed by atoms with Gasteiger partial charge in [0.05, 0.1) is 5.41 Å². The lowest BCUT2D eigenvalue weighted by Gasteiger charge is -2.23. The number of rotatable bonds is 6. The zero-order valence-electron chi connectivity index (χ0n) is 11.3. The van der Waals surface area contributed by atoms with E-state index in [-0.39, 0.29) is 5.91 Å². The molecule has 104 valence electrons. The predicted molar refractivity (Wildman–Crippen MR) is 69.3 cm³/mol. The van der Waals surface area contributed by atoms with Gasteiger partial charge in [0, 0.05) is 13.0 Å². The van der Waals surface area contributed by atoms with Crippen LogP contribution in [0.15, 0.2) is 0 Å². The predicted octanol–water partition coefficient (Wildman–Crippen LogP) is 0.993. The highest BCUT2D eigenvalue weighted by Crippen LogP contribution is 2.19. The van der Waals surface area contributed by atoms with Gasteiger partial charge in [-0.3, -0.25) is 9.59 Å². The second-order valence-electron chi connectivity index (χ2n) is 5.71. The molecule has 3 N–H and O–H groups in total. The molecule has 18 heavy (non-hydrogen) atoms. The lowest BCUT2D eigenvalue weighted by Crippen LogP contribution is -2.36. The Bertz CT molecular complexity index is 297. The van der Waals surface area contributed by atoms with E-state index >= 15 is 0 Å². The fourth-order valence-electron chi connectivity index (χ4n) is 2.05. The largest absolute Gasteiger partial charge is 0.481 e. The molecule has 0 aromatic carbocycles. The van der Waals surface area contributed by atoms with E-state index in [1.165, 1.54) is 0 Å². The van der Waals surface area contributed by atoms with Gasteiger partial charge < -0.3 is 15.7 Å². The Hall–Kier alpha value is -1.10. The first-order valence-corrected chi connectivity index (χ1v) is 6.62. The first-order chi connectivity index (χ1) is 8.42. The molecule has 1 fully saturated rings. The summed E-state index contributed by atoms with van der Waals surface area (Å²) in [4.78, 5) is 22.6. The number of amides is 1. The highest BCUT2D eigenvalue weighted by Gasteiger charge is 2.26. The fraction of sp³-hybridized carbons (Fsp3) is 0.846. The van der Waals surface area contributed by atoms with E-state index in [1.54, 1.807) is 13.8 Å². The summed E-state index contributed by atoms with van der Waals surface area (Å²) in [5, 5.41) is 15.0. The van der Waals surface area contributed by atoms with Gasteiger partial charge in [-0.2, -0.15) is 0 Å². The molecule has 1 atom stereocenters. The number of hydrogen-bond acceptors (Lipinski definition) is 3. The number of aliphatic carboxylic acids is 1. The molecule has 0 aliphatic carbocycles. The summed E-state index contributed by atoms with van der Waals surface area (Å²) in [7, 11) is 0. The second-order valence-corrected chi connectivity index (χ2v) is 5.71. The molecule has 1 unspecified atom stereocenters. The van der Waals surface area contributed by atoms with Crippen molar-refractivity contribution in [3.63, 3.8) is 0 Å². The Labute approximate surface area is 108 Å². The summed E-state index contributed by atoms with van der Waals surface area (Å²) in [6.45, 7) is 5.73. The minimum absolute atomic E-state index is 0.0323. The summed E-state index contributed by atoms with van der Waals surface area (Å²) in [5.74, 6) is -0.371. The summed E-state index contributed by atoms with van der Waals surface area (Å²) < 4.78 is 0. The molecule has 1 heterocycles. The minimum Gasteiger partial charge on any atom is -0.481 e. The topological polar surface area (TPSA) is 78.4 Å². The zero-order valence-corrected chi connectivity index (χ0v) is 11.3. The quantitative estimate of drug-likeness (QED) is 0.662. The number of carbonyl (C=O) groups excluding carboxylic acids is 1. The van der Waals surface area contributed by atoms with E-state index in [4.69, 9.17) is 5.11 Å². The number of piperidine rings is 1. The average Bonchev–Trinajstić information content (AvgIpc) is 2.29. The molecule has 0 spiro atoms. The van der Waals surface area contributed by atoms with Gasteiger partial charge in [-0.05, 0) is 52.1 Å². The molecule has 1 aliphatic heterocycles. The van der Waals surface area contributed by atoms with Gasteiger partial charge in [0.15, 0.2) is 0 Å². The summed E-state index contributed by atoms with van der Waals surface area (Å²) in [5.41, 5.74) is -0.778. The number of carboxylic acid groups (broad SMARTS) is 1. The van der Waals surface area contributed by atoms with Crippen molar-refractivity contribution in [3.05, 3.63) is 0 Å².